The van der Waals surface area contributed by atoms with E-state index in [0.717, 1.165) is 25.7 Å². The van der Waals surface area contributed by atoms with Gasteiger partial charge in [-0.1, -0.05) is 25.7 Å². The van der Waals surface area contributed by atoms with E-state index in [4.69, 9.17) is 45.9 Å². The molecule has 20 nitrogen and oxygen atoms in total. The first-order valence-electron chi connectivity index (χ1n) is 17.0. The van der Waals surface area contributed by atoms with Gasteiger partial charge in [0.2, 0.25) is 35.7 Å². The second-order valence-corrected chi connectivity index (χ2v) is 12.2. The van der Waals surface area contributed by atoms with Crippen molar-refractivity contribution >= 4 is 69.9 Å². The molecule has 0 aliphatic heterocycles. The lowest BCUT2D eigenvalue weighted by molar-refractivity contribution is -0.117. The lowest BCUT2D eigenvalue weighted by Gasteiger charge is -2.11. The third-order valence-electron chi connectivity index (χ3n) is 7.42. The Labute approximate surface area is 314 Å². The smallest absolute Gasteiger partial charge is 0.224 e. The highest BCUT2D eigenvalue weighted by atomic mass is 16.2. The second kappa shape index (κ2) is 22.2. The second-order valence-electron chi connectivity index (χ2n) is 12.2. The van der Waals surface area contributed by atoms with E-state index >= 15 is 0 Å². The molecule has 18 N–H and O–H groups in total. The van der Waals surface area contributed by atoms with Gasteiger partial charge >= 0.3 is 0 Å². The highest BCUT2D eigenvalue weighted by Crippen LogP contribution is 2.20. The minimum Gasteiger partial charge on any atom is -0.369 e. The summed E-state index contributed by atoms with van der Waals surface area (Å²) in [4.78, 5) is 25.7. The highest BCUT2D eigenvalue weighted by Gasteiger charge is 2.12. The Kier molecular flexibility index (Phi) is 17.8. The topological polar surface area (TPSA) is 365 Å². The predicted octanol–water partition coefficient (Wildman–Crippen LogP) is 1.37. The fourth-order valence-corrected chi connectivity index (χ4v) is 4.72. The number of amides is 2. The molecular weight excluding hydrogens is 692 g/mol. The van der Waals surface area contributed by atoms with Gasteiger partial charge in [0, 0.05) is 46.5 Å². The zero-order chi connectivity index (χ0) is 40.2. The number of hydrogen-bond donors (Lipinski definition) is 10. The molecule has 0 atom stereocenters. The van der Waals surface area contributed by atoms with Crippen LogP contribution in [0.25, 0.3) is 0 Å². The van der Waals surface area contributed by atoms with Crippen molar-refractivity contribution in [2.24, 2.45) is 86.7 Å². The Hall–Kier alpha value is -6.86. The first kappa shape index (κ1) is 43.3. The Bertz CT molecular complexity index is 1630. The van der Waals surface area contributed by atoms with E-state index in [2.05, 4.69) is 51.4 Å². The van der Waals surface area contributed by atoms with Gasteiger partial charge in [0.15, 0.2) is 0 Å². The Morgan fingerprint density at radius 3 is 0.889 bits per heavy atom. The molecule has 20 heteroatoms. The van der Waals surface area contributed by atoms with Gasteiger partial charge in [0.25, 0.3) is 0 Å². The number of unbranched alkanes of at least 4 members (excludes halogenated alkanes) is 5. The molecule has 0 radical (unpaired) electrons. The van der Waals surface area contributed by atoms with Crippen LogP contribution in [0.4, 0.5) is 11.4 Å². The number of carbonyl (C=O) groups excluding carboxylic acids is 2. The molecule has 290 valence electrons. The Balaban J connectivity index is 1.91. The van der Waals surface area contributed by atoms with Gasteiger partial charge in [0.1, 0.15) is 0 Å². The molecule has 0 heterocycles. The largest absolute Gasteiger partial charge is 0.369 e. The van der Waals surface area contributed by atoms with Crippen molar-refractivity contribution in [2.45, 2.75) is 79.1 Å². The molecule has 2 aromatic carbocycles. The van der Waals surface area contributed by atoms with Crippen LogP contribution in [0.5, 0.6) is 0 Å². The van der Waals surface area contributed by atoms with Crippen molar-refractivity contribution in [2.75, 3.05) is 10.6 Å². The number of anilines is 2. The van der Waals surface area contributed by atoms with E-state index < -0.39 is 0 Å². The monoisotopic (exact) mass is 744 g/mol. The minimum atomic E-state index is -0.185. The third kappa shape index (κ3) is 16.9. The van der Waals surface area contributed by atoms with Crippen LogP contribution < -0.4 is 56.5 Å². The lowest BCUT2D eigenvalue weighted by Crippen LogP contribution is -2.22. The first-order valence-corrected chi connectivity index (χ1v) is 17.0. The molecule has 2 rings (SSSR count). The summed E-state index contributed by atoms with van der Waals surface area (Å²) >= 11 is 0. The average molecular weight is 745 g/mol. The fraction of sp³-hybridized carbons (Fsp3) is 0.353. The maximum atomic E-state index is 12.8. The van der Waals surface area contributed by atoms with Gasteiger partial charge in [-0.15, -0.1) is 20.4 Å². The number of nitrogens with zero attached hydrogens (tertiary/aromatic N) is 8. The van der Waals surface area contributed by atoms with E-state index in [9.17, 15) is 9.59 Å². The van der Waals surface area contributed by atoms with E-state index in [0.29, 0.717) is 82.2 Å². The van der Waals surface area contributed by atoms with Crippen LogP contribution in [0.3, 0.4) is 0 Å². The molecular formula is C34H52N18O2. The maximum Gasteiger partial charge on any atom is 0.224 e. The van der Waals surface area contributed by atoms with Gasteiger partial charge in [-0.2, -0.15) is 20.4 Å². The molecule has 2 amide bonds. The molecule has 0 aliphatic rings. The lowest BCUT2D eigenvalue weighted by atomic mass is 10.0. The number of carbonyl (C=O) groups is 2. The van der Waals surface area contributed by atoms with Gasteiger partial charge in [-0.3, -0.25) is 9.59 Å². The number of hydrogen-bond acceptors (Lipinski definition) is 10. The molecule has 0 saturated heterocycles. The molecule has 0 bridgehead atoms. The summed E-state index contributed by atoms with van der Waals surface area (Å²) in [7, 11) is 0. The van der Waals surface area contributed by atoms with Gasteiger partial charge in [-0.05, 0) is 76.9 Å². The summed E-state index contributed by atoms with van der Waals surface area (Å²) in [5.74, 6) is -1.03. The number of rotatable bonds is 19. The van der Waals surface area contributed by atoms with Gasteiger partial charge in [-0.25, -0.2) is 0 Å². The Morgan fingerprint density at radius 1 is 0.407 bits per heavy atom. The molecule has 0 aromatic heterocycles. The standard InChI is InChI=1S/C34H52N18O2/c1-19(45-49-31(35)36)23-13-24(20(2)46-50-32(37)38)16-27(15-23)43-29(53)11-9-7-5-6-8-10-12-30(54)44-28-17-25(21(3)47-51-33(39)40)14-26(18-28)22(4)48-52-34(41)42/h13-18H,5-12H2,1-4H3,(H,43,53)(H,44,54)(H4,35,36,49)(H4,37,38,50)(H4,39,40,51)(H4,41,42,52)/b45-19+,46-20?,47-21+,48-22?. The summed E-state index contributed by atoms with van der Waals surface area (Å²) < 4.78 is 0. The fourth-order valence-electron chi connectivity index (χ4n) is 4.72. The normalized spacial score (nSPS) is 12.0. The molecule has 0 saturated carbocycles. The van der Waals surface area contributed by atoms with E-state index in [-0.39, 0.29) is 35.7 Å². The van der Waals surface area contributed by atoms with Crippen LogP contribution in [0.1, 0.15) is 101 Å². The zero-order valence-corrected chi connectivity index (χ0v) is 31.1. The summed E-state index contributed by atoms with van der Waals surface area (Å²) in [5, 5.41) is 36.8. The summed E-state index contributed by atoms with van der Waals surface area (Å²) in [6, 6.07) is 10.7. The number of guanidine groups is 4. The van der Waals surface area contributed by atoms with Crippen LogP contribution in [0, 0.1) is 0 Å². The van der Waals surface area contributed by atoms with Crippen LogP contribution in [-0.4, -0.2) is 58.5 Å². The van der Waals surface area contributed by atoms with Crippen molar-refractivity contribution in [3.63, 3.8) is 0 Å². The number of nitrogens with one attached hydrogen (secondary N) is 2. The van der Waals surface area contributed by atoms with Crippen molar-refractivity contribution in [3.05, 3.63) is 58.7 Å². The molecule has 0 spiro atoms. The van der Waals surface area contributed by atoms with Crippen LogP contribution >= 0.6 is 0 Å². The maximum absolute atomic E-state index is 12.8. The average Bonchev–Trinajstić information content (AvgIpc) is 3.11. The van der Waals surface area contributed by atoms with E-state index in [1.807, 2.05) is 0 Å². The molecule has 2 aromatic rings. The molecule has 0 fully saturated rings. The third-order valence-corrected chi connectivity index (χ3v) is 7.42. The zero-order valence-electron chi connectivity index (χ0n) is 31.1. The Morgan fingerprint density at radius 2 is 0.648 bits per heavy atom. The van der Waals surface area contributed by atoms with Crippen molar-refractivity contribution in [1.29, 1.82) is 0 Å². The molecule has 54 heavy (non-hydrogen) atoms. The number of nitrogens with two attached hydrogens (primary N) is 8. The van der Waals surface area contributed by atoms with Gasteiger partial charge < -0.3 is 56.5 Å². The van der Waals surface area contributed by atoms with Crippen molar-refractivity contribution in [1.82, 2.24) is 0 Å². The summed E-state index contributed by atoms with van der Waals surface area (Å²) in [6.45, 7) is 6.92. The van der Waals surface area contributed by atoms with Crippen molar-refractivity contribution < 1.29 is 9.59 Å². The number of benzene rings is 2. The summed E-state index contributed by atoms with van der Waals surface area (Å²) in [6.07, 6.45) is 5.62. The SMILES string of the molecule is CC(=NN=C(N)N)c1cc(NC(=O)CCCCCCCCC(=O)Nc2cc(C(C)=NN=C(N)N)cc(/C(C)=N/N=C(N)N)c2)cc(/C(C)=N/N=C(N)N)c1. The quantitative estimate of drug-likeness (QED) is 0.0426. The van der Waals surface area contributed by atoms with Crippen molar-refractivity contribution in [3.8, 4) is 0 Å². The highest BCUT2D eigenvalue weighted by molar-refractivity contribution is 6.07. The molecule has 0 unspecified atom stereocenters. The molecule has 0 aliphatic carbocycles. The predicted molar refractivity (Wildman–Crippen MR) is 219 cm³/mol. The minimum absolute atomic E-state index is 0.143. The van der Waals surface area contributed by atoms with Crippen LogP contribution in [0.2, 0.25) is 0 Å². The van der Waals surface area contributed by atoms with E-state index in [1.54, 1.807) is 64.1 Å². The van der Waals surface area contributed by atoms with Crippen LogP contribution in [0.15, 0.2) is 77.2 Å². The first-order chi connectivity index (χ1) is 25.5. The van der Waals surface area contributed by atoms with Crippen LogP contribution in [-0.2, 0) is 9.59 Å². The van der Waals surface area contributed by atoms with E-state index in [1.165, 1.54) is 0 Å². The summed E-state index contributed by atoms with van der Waals surface area (Å²) in [5.41, 5.74) is 49.0. The van der Waals surface area contributed by atoms with Gasteiger partial charge in [0.05, 0.1) is 22.8 Å².